The fraction of sp³-hybridized carbons (Fsp3) is 0.333. The van der Waals surface area contributed by atoms with Gasteiger partial charge in [0.1, 0.15) is 0 Å². The molecule has 0 fully saturated rings. The Balaban J connectivity index is 3.10. The van der Waals surface area contributed by atoms with E-state index in [0.717, 1.165) is 0 Å². The molecule has 78 valence electrons. The molecule has 1 aromatic carbocycles. The van der Waals surface area contributed by atoms with Crippen LogP contribution in [0.1, 0.15) is 5.56 Å². The van der Waals surface area contributed by atoms with E-state index in [0.29, 0.717) is 17.1 Å². The largest absolute Gasteiger partial charge is 0.504 e. The van der Waals surface area contributed by atoms with Gasteiger partial charge in [0.05, 0.1) is 20.8 Å². The van der Waals surface area contributed by atoms with Gasteiger partial charge in [0, 0.05) is 0 Å². The fourth-order valence-corrected chi connectivity index (χ4v) is 1.18. The lowest BCUT2D eigenvalue weighted by atomic mass is 10.2. The summed E-state index contributed by atoms with van der Waals surface area (Å²) in [7, 11) is 2.95. The molecule has 0 bridgehead atoms. The van der Waals surface area contributed by atoms with Gasteiger partial charge in [0.15, 0.2) is 11.5 Å². The van der Waals surface area contributed by atoms with Gasteiger partial charge in [-0.25, -0.2) is 5.90 Å². The molecule has 1 aromatic rings. The molecule has 0 spiro atoms. The number of benzene rings is 1. The summed E-state index contributed by atoms with van der Waals surface area (Å²) >= 11 is 0. The second-order valence-electron chi connectivity index (χ2n) is 2.66. The Kier molecular flexibility index (Phi) is 3.55. The van der Waals surface area contributed by atoms with Crippen LogP contribution in [0.15, 0.2) is 12.1 Å². The number of rotatable bonds is 4. The van der Waals surface area contributed by atoms with Crippen molar-refractivity contribution in [2.75, 3.05) is 14.2 Å². The average molecular weight is 199 g/mol. The van der Waals surface area contributed by atoms with Gasteiger partial charge in [-0.15, -0.1) is 0 Å². The zero-order valence-electron chi connectivity index (χ0n) is 8.11. The second-order valence-corrected chi connectivity index (χ2v) is 2.66. The smallest absolute Gasteiger partial charge is 0.203 e. The maximum absolute atomic E-state index is 9.53. The predicted molar refractivity (Wildman–Crippen MR) is 50.2 cm³/mol. The van der Waals surface area contributed by atoms with Gasteiger partial charge < -0.3 is 14.6 Å². The van der Waals surface area contributed by atoms with Gasteiger partial charge in [0.2, 0.25) is 5.75 Å². The normalized spacial score (nSPS) is 9.93. The highest BCUT2D eigenvalue weighted by Crippen LogP contribution is 2.37. The summed E-state index contributed by atoms with van der Waals surface area (Å²) < 4.78 is 9.98. The maximum atomic E-state index is 9.53. The van der Waals surface area contributed by atoms with Crippen LogP contribution in [0, 0.1) is 0 Å². The van der Waals surface area contributed by atoms with Gasteiger partial charge in [-0.3, -0.25) is 4.84 Å². The van der Waals surface area contributed by atoms with Crippen molar-refractivity contribution in [3.05, 3.63) is 17.7 Å². The lowest BCUT2D eigenvalue weighted by molar-refractivity contribution is 0.123. The molecule has 14 heavy (non-hydrogen) atoms. The first-order valence-corrected chi connectivity index (χ1v) is 3.98. The molecule has 0 unspecified atom stereocenters. The number of hydrogen-bond acceptors (Lipinski definition) is 5. The van der Waals surface area contributed by atoms with Crippen LogP contribution in [0.5, 0.6) is 17.2 Å². The van der Waals surface area contributed by atoms with Crippen LogP contribution >= 0.6 is 0 Å². The number of nitrogens with two attached hydrogens (primary N) is 1. The quantitative estimate of drug-likeness (QED) is 0.701. The minimum atomic E-state index is -0.00102. The van der Waals surface area contributed by atoms with E-state index in [1.807, 2.05) is 0 Å². The Morgan fingerprint density at radius 1 is 1.29 bits per heavy atom. The SMILES string of the molecule is COc1cc(CON)cc(O)c1OC. The molecule has 0 saturated heterocycles. The summed E-state index contributed by atoms with van der Waals surface area (Å²) in [5.74, 6) is 5.66. The zero-order chi connectivity index (χ0) is 10.6. The van der Waals surface area contributed by atoms with E-state index in [1.165, 1.54) is 20.3 Å². The molecule has 0 aliphatic rings. The molecule has 0 aliphatic heterocycles. The first-order chi connectivity index (χ1) is 6.72. The molecule has 5 heteroatoms. The van der Waals surface area contributed by atoms with E-state index in [4.69, 9.17) is 15.4 Å². The Labute approximate surface area is 82.0 Å². The molecule has 0 amide bonds. The van der Waals surface area contributed by atoms with E-state index in [2.05, 4.69) is 4.84 Å². The molecular weight excluding hydrogens is 186 g/mol. The molecule has 3 N–H and O–H groups in total. The van der Waals surface area contributed by atoms with E-state index in [9.17, 15) is 5.11 Å². The van der Waals surface area contributed by atoms with Gasteiger partial charge in [-0.1, -0.05) is 0 Å². The van der Waals surface area contributed by atoms with Crippen molar-refractivity contribution in [1.82, 2.24) is 0 Å². The third-order valence-corrected chi connectivity index (χ3v) is 1.77. The highest BCUT2D eigenvalue weighted by Gasteiger charge is 2.11. The highest BCUT2D eigenvalue weighted by atomic mass is 16.6. The number of phenols is 1. The van der Waals surface area contributed by atoms with Crippen molar-refractivity contribution in [3.63, 3.8) is 0 Å². The number of methoxy groups -OCH3 is 2. The molecular formula is C9H13NO4. The molecule has 0 aromatic heterocycles. The summed E-state index contributed by atoms with van der Waals surface area (Å²) in [5, 5.41) is 9.53. The first kappa shape index (κ1) is 10.6. The molecule has 1 rings (SSSR count). The summed E-state index contributed by atoms with van der Waals surface area (Å²) in [6, 6.07) is 3.19. The standard InChI is InChI=1S/C9H13NO4/c1-12-8-4-6(5-14-10)3-7(11)9(8)13-2/h3-4,11H,5,10H2,1-2H3. The van der Waals surface area contributed by atoms with Crippen LogP contribution in [-0.2, 0) is 11.4 Å². The van der Waals surface area contributed by atoms with E-state index < -0.39 is 0 Å². The van der Waals surface area contributed by atoms with Gasteiger partial charge in [0.25, 0.3) is 0 Å². The Hall–Kier alpha value is -1.46. The molecule has 0 saturated carbocycles. The van der Waals surface area contributed by atoms with Crippen molar-refractivity contribution in [1.29, 1.82) is 0 Å². The Bertz CT molecular complexity index is 314. The lowest BCUT2D eigenvalue weighted by Gasteiger charge is -2.10. The van der Waals surface area contributed by atoms with Crippen LogP contribution < -0.4 is 15.4 Å². The lowest BCUT2D eigenvalue weighted by Crippen LogP contribution is -2.00. The fourth-order valence-electron chi connectivity index (χ4n) is 1.18. The van der Waals surface area contributed by atoms with Crippen molar-refractivity contribution in [3.8, 4) is 17.2 Å². The van der Waals surface area contributed by atoms with Crippen LogP contribution in [0.3, 0.4) is 0 Å². The molecule has 0 radical (unpaired) electrons. The Morgan fingerprint density at radius 2 is 2.00 bits per heavy atom. The first-order valence-electron chi connectivity index (χ1n) is 3.98. The molecule has 5 nitrogen and oxygen atoms in total. The minimum Gasteiger partial charge on any atom is -0.504 e. The van der Waals surface area contributed by atoms with Crippen LogP contribution in [-0.4, -0.2) is 19.3 Å². The number of aromatic hydroxyl groups is 1. The van der Waals surface area contributed by atoms with Crippen LogP contribution in [0.25, 0.3) is 0 Å². The number of hydrogen-bond donors (Lipinski definition) is 2. The van der Waals surface area contributed by atoms with Gasteiger partial charge >= 0.3 is 0 Å². The summed E-state index contributed by atoms with van der Waals surface area (Å²) in [6.07, 6.45) is 0. The average Bonchev–Trinajstić information content (AvgIpc) is 2.17. The van der Waals surface area contributed by atoms with Crippen molar-refractivity contribution < 1.29 is 19.4 Å². The Morgan fingerprint density at radius 3 is 2.50 bits per heavy atom. The third kappa shape index (κ3) is 2.07. The zero-order valence-corrected chi connectivity index (χ0v) is 8.11. The van der Waals surface area contributed by atoms with Crippen LogP contribution in [0.2, 0.25) is 0 Å². The number of ether oxygens (including phenoxy) is 2. The third-order valence-electron chi connectivity index (χ3n) is 1.77. The molecule has 0 aliphatic carbocycles. The molecule has 0 heterocycles. The maximum Gasteiger partial charge on any atom is 0.203 e. The van der Waals surface area contributed by atoms with Gasteiger partial charge in [-0.05, 0) is 17.7 Å². The van der Waals surface area contributed by atoms with Crippen molar-refractivity contribution in [2.24, 2.45) is 5.90 Å². The van der Waals surface area contributed by atoms with Crippen LogP contribution in [0.4, 0.5) is 0 Å². The monoisotopic (exact) mass is 199 g/mol. The highest BCUT2D eigenvalue weighted by molar-refractivity contribution is 5.52. The summed E-state index contributed by atoms with van der Waals surface area (Å²) in [4.78, 5) is 4.45. The van der Waals surface area contributed by atoms with E-state index in [1.54, 1.807) is 6.07 Å². The molecule has 0 atom stereocenters. The van der Waals surface area contributed by atoms with Crippen molar-refractivity contribution >= 4 is 0 Å². The summed E-state index contributed by atoms with van der Waals surface area (Å²) in [6.45, 7) is 0.202. The minimum absolute atomic E-state index is 0.00102. The number of phenolic OH excluding ortho intramolecular Hbond substituents is 1. The summed E-state index contributed by atoms with van der Waals surface area (Å²) in [5.41, 5.74) is 0.711. The van der Waals surface area contributed by atoms with E-state index in [-0.39, 0.29) is 12.4 Å². The predicted octanol–water partition coefficient (Wildman–Crippen LogP) is 0.800. The topological polar surface area (TPSA) is 73.9 Å². The van der Waals surface area contributed by atoms with Gasteiger partial charge in [-0.2, -0.15) is 0 Å². The van der Waals surface area contributed by atoms with Crippen molar-refractivity contribution in [2.45, 2.75) is 6.61 Å². The van der Waals surface area contributed by atoms with E-state index >= 15 is 0 Å². The second kappa shape index (κ2) is 4.69.